The van der Waals surface area contributed by atoms with Crippen molar-refractivity contribution in [2.45, 2.75) is 13.8 Å². The number of halogens is 1. The van der Waals surface area contributed by atoms with E-state index in [1.807, 2.05) is 26.0 Å². The molecule has 0 saturated carbocycles. The van der Waals surface area contributed by atoms with Crippen molar-refractivity contribution in [2.75, 3.05) is 7.11 Å². The first-order valence-electron chi connectivity index (χ1n) is 7.00. The Kier molecular flexibility index (Phi) is 4.88. The molecule has 2 heterocycles. The molecule has 0 saturated heterocycles. The molecular formula is C17H17FN2O2. The maximum atomic E-state index is 13.6. The first-order chi connectivity index (χ1) is 10.7. The number of esters is 1. The van der Waals surface area contributed by atoms with E-state index in [-0.39, 0.29) is 5.56 Å². The minimum atomic E-state index is -0.694. The van der Waals surface area contributed by atoms with Crippen LogP contribution >= 0.6 is 0 Å². The van der Waals surface area contributed by atoms with E-state index in [0.29, 0.717) is 5.56 Å². The molecule has 5 heteroatoms. The van der Waals surface area contributed by atoms with Gasteiger partial charge in [-0.25, -0.2) is 14.2 Å². The molecule has 22 heavy (non-hydrogen) atoms. The SMILES string of the molecule is CC.COC(=O)c1cc(-c2cnc3[nH]ccc3c2)ccc1F. The molecule has 0 aliphatic rings. The van der Waals surface area contributed by atoms with Gasteiger partial charge < -0.3 is 9.72 Å². The van der Waals surface area contributed by atoms with Crippen molar-refractivity contribution in [3.63, 3.8) is 0 Å². The molecule has 114 valence electrons. The van der Waals surface area contributed by atoms with Gasteiger partial charge in [0.15, 0.2) is 0 Å². The quantitative estimate of drug-likeness (QED) is 0.722. The van der Waals surface area contributed by atoms with Gasteiger partial charge in [0.1, 0.15) is 11.5 Å². The van der Waals surface area contributed by atoms with Crippen molar-refractivity contribution in [3.8, 4) is 11.1 Å². The lowest BCUT2D eigenvalue weighted by Crippen LogP contribution is -2.04. The topological polar surface area (TPSA) is 55.0 Å². The van der Waals surface area contributed by atoms with Crippen molar-refractivity contribution in [1.82, 2.24) is 9.97 Å². The molecule has 0 unspecified atom stereocenters. The molecule has 4 nitrogen and oxygen atoms in total. The van der Waals surface area contributed by atoms with Gasteiger partial charge in [0.2, 0.25) is 0 Å². The number of carbonyl (C=O) groups is 1. The van der Waals surface area contributed by atoms with E-state index in [0.717, 1.165) is 16.6 Å². The van der Waals surface area contributed by atoms with Gasteiger partial charge in [-0.3, -0.25) is 0 Å². The predicted molar refractivity (Wildman–Crippen MR) is 84.2 cm³/mol. The van der Waals surface area contributed by atoms with Crippen LogP contribution < -0.4 is 0 Å². The van der Waals surface area contributed by atoms with Gasteiger partial charge in [-0.2, -0.15) is 0 Å². The van der Waals surface area contributed by atoms with E-state index < -0.39 is 11.8 Å². The zero-order valence-corrected chi connectivity index (χ0v) is 12.7. The number of hydrogen-bond acceptors (Lipinski definition) is 3. The monoisotopic (exact) mass is 300 g/mol. The third-order valence-corrected chi connectivity index (χ3v) is 3.11. The largest absolute Gasteiger partial charge is 0.465 e. The molecular weight excluding hydrogens is 283 g/mol. The van der Waals surface area contributed by atoms with Crippen molar-refractivity contribution >= 4 is 17.0 Å². The Bertz CT molecular complexity index is 796. The normalized spacial score (nSPS) is 10.0. The zero-order valence-electron chi connectivity index (χ0n) is 12.7. The third kappa shape index (κ3) is 2.98. The fourth-order valence-corrected chi connectivity index (χ4v) is 2.07. The minimum absolute atomic E-state index is 0.0841. The Labute approximate surface area is 128 Å². The second kappa shape index (κ2) is 6.85. The molecule has 0 spiro atoms. The van der Waals surface area contributed by atoms with Crippen LogP contribution in [0.5, 0.6) is 0 Å². The number of nitrogens with one attached hydrogen (secondary N) is 1. The Balaban J connectivity index is 0.000000847. The number of fused-ring (bicyclic) bond motifs is 1. The number of carbonyl (C=O) groups excluding carboxylic acids is 1. The Morgan fingerprint density at radius 2 is 1.95 bits per heavy atom. The fraction of sp³-hybridized carbons (Fsp3) is 0.176. The number of rotatable bonds is 2. The summed E-state index contributed by atoms with van der Waals surface area (Å²) >= 11 is 0. The first kappa shape index (κ1) is 15.7. The number of aromatic nitrogens is 2. The van der Waals surface area contributed by atoms with Gasteiger partial charge in [0, 0.05) is 23.3 Å². The number of H-pyrrole nitrogens is 1. The summed E-state index contributed by atoms with van der Waals surface area (Å²) < 4.78 is 18.2. The van der Waals surface area contributed by atoms with Crippen molar-refractivity contribution in [2.24, 2.45) is 0 Å². The fourth-order valence-electron chi connectivity index (χ4n) is 2.07. The molecule has 3 aromatic rings. The number of ether oxygens (including phenoxy) is 1. The van der Waals surface area contributed by atoms with E-state index in [4.69, 9.17) is 0 Å². The van der Waals surface area contributed by atoms with Crippen molar-refractivity contribution in [1.29, 1.82) is 0 Å². The van der Waals surface area contributed by atoms with Gasteiger partial charge in [-0.1, -0.05) is 19.9 Å². The summed E-state index contributed by atoms with van der Waals surface area (Å²) in [5.41, 5.74) is 2.22. The number of hydrogen-bond donors (Lipinski definition) is 1. The maximum absolute atomic E-state index is 13.6. The number of aromatic amines is 1. The highest BCUT2D eigenvalue weighted by molar-refractivity contribution is 5.91. The molecule has 1 aromatic carbocycles. The smallest absolute Gasteiger partial charge is 0.340 e. The van der Waals surface area contributed by atoms with Crippen LogP contribution in [0.2, 0.25) is 0 Å². The molecule has 0 radical (unpaired) electrons. The molecule has 0 aliphatic carbocycles. The summed E-state index contributed by atoms with van der Waals surface area (Å²) in [5, 5.41) is 0.950. The van der Waals surface area contributed by atoms with E-state index in [9.17, 15) is 9.18 Å². The molecule has 0 amide bonds. The highest BCUT2D eigenvalue weighted by atomic mass is 19.1. The van der Waals surface area contributed by atoms with E-state index in [1.54, 1.807) is 18.5 Å². The first-order valence-corrected chi connectivity index (χ1v) is 7.00. The summed E-state index contributed by atoms with van der Waals surface area (Å²) in [6.45, 7) is 4.00. The Morgan fingerprint density at radius 3 is 2.68 bits per heavy atom. The molecule has 0 aliphatic heterocycles. The standard InChI is InChI=1S/C15H11FN2O2.C2H6/c1-20-15(19)12-7-9(2-3-13(12)16)11-6-10-4-5-17-14(10)18-8-11;1-2/h2-8H,1H3,(H,17,18);1-2H3. The van der Waals surface area contributed by atoms with Crippen LogP contribution in [0.3, 0.4) is 0 Å². The molecule has 2 aromatic heterocycles. The average Bonchev–Trinajstić information content (AvgIpc) is 3.04. The predicted octanol–water partition coefficient (Wildman–Crippen LogP) is 4.18. The lowest BCUT2D eigenvalue weighted by atomic mass is 10.0. The van der Waals surface area contributed by atoms with E-state index in [1.165, 1.54) is 19.2 Å². The molecule has 0 fully saturated rings. The van der Waals surface area contributed by atoms with Gasteiger partial charge in [-0.15, -0.1) is 0 Å². The van der Waals surface area contributed by atoms with Crippen molar-refractivity contribution in [3.05, 3.63) is 54.1 Å². The Morgan fingerprint density at radius 1 is 1.18 bits per heavy atom. The lowest BCUT2D eigenvalue weighted by molar-refractivity contribution is 0.0595. The minimum Gasteiger partial charge on any atom is -0.465 e. The van der Waals surface area contributed by atoms with Crippen LogP contribution in [0.4, 0.5) is 4.39 Å². The molecule has 0 bridgehead atoms. The highest BCUT2D eigenvalue weighted by Gasteiger charge is 2.13. The van der Waals surface area contributed by atoms with Crippen LogP contribution in [-0.4, -0.2) is 23.0 Å². The van der Waals surface area contributed by atoms with Gasteiger partial charge in [0.25, 0.3) is 0 Å². The summed E-state index contributed by atoms with van der Waals surface area (Å²) in [4.78, 5) is 18.8. The average molecular weight is 300 g/mol. The summed E-state index contributed by atoms with van der Waals surface area (Å²) in [5.74, 6) is -1.30. The summed E-state index contributed by atoms with van der Waals surface area (Å²) in [6.07, 6.45) is 3.47. The summed E-state index contributed by atoms with van der Waals surface area (Å²) in [6, 6.07) is 8.15. The van der Waals surface area contributed by atoms with Crippen LogP contribution in [0.15, 0.2) is 42.7 Å². The van der Waals surface area contributed by atoms with E-state index >= 15 is 0 Å². The van der Waals surface area contributed by atoms with E-state index in [2.05, 4.69) is 14.7 Å². The molecule has 1 N–H and O–H groups in total. The molecule has 0 atom stereocenters. The third-order valence-electron chi connectivity index (χ3n) is 3.11. The van der Waals surface area contributed by atoms with Crippen LogP contribution in [0, 0.1) is 5.82 Å². The number of pyridine rings is 1. The van der Waals surface area contributed by atoms with Crippen LogP contribution in [0.1, 0.15) is 24.2 Å². The van der Waals surface area contributed by atoms with Crippen LogP contribution in [0.25, 0.3) is 22.2 Å². The van der Waals surface area contributed by atoms with Gasteiger partial charge >= 0.3 is 5.97 Å². The second-order valence-electron chi connectivity index (χ2n) is 4.33. The lowest BCUT2D eigenvalue weighted by Gasteiger charge is -2.05. The number of nitrogens with zero attached hydrogens (tertiary/aromatic N) is 1. The number of methoxy groups -OCH3 is 1. The molecule has 3 rings (SSSR count). The summed E-state index contributed by atoms with van der Waals surface area (Å²) in [7, 11) is 1.22. The van der Waals surface area contributed by atoms with Crippen LogP contribution in [-0.2, 0) is 4.74 Å². The maximum Gasteiger partial charge on any atom is 0.340 e. The van der Waals surface area contributed by atoms with Crippen molar-refractivity contribution < 1.29 is 13.9 Å². The second-order valence-corrected chi connectivity index (χ2v) is 4.33. The highest BCUT2D eigenvalue weighted by Crippen LogP contribution is 2.24. The van der Waals surface area contributed by atoms with Gasteiger partial charge in [0.05, 0.1) is 12.7 Å². The van der Waals surface area contributed by atoms with Gasteiger partial charge in [-0.05, 0) is 29.8 Å². The Hall–Kier alpha value is -2.69. The zero-order chi connectivity index (χ0) is 16.1. The number of benzene rings is 1.